The van der Waals surface area contributed by atoms with Crippen LogP contribution in [0.4, 0.5) is 0 Å². The van der Waals surface area contributed by atoms with Gasteiger partial charge in [-0.3, -0.25) is 9.59 Å². The van der Waals surface area contributed by atoms with Gasteiger partial charge in [0, 0.05) is 16.5 Å². The van der Waals surface area contributed by atoms with Gasteiger partial charge in [0.2, 0.25) is 0 Å². The maximum Gasteiger partial charge on any atom is 0.274 e. The summed E-state index contributed by atoms with van der Waals surface area (Å²) in [4.78, 5) is 25.6. The molecule has 0 fully saturated rings. The molecule has 1 aromatic rings. The molecule has 4 nitrogen and oxygen atoms in total. The maximum absolute atomic E-state index is 12.9. The molecule has 0 saturated heterocycles. The van der Waals surface area contributed by atoms with Crippen LogP contribution < -0.4 is 9.16 Å². The van der Waals surface area contributed by atoms with Crippen molar-refractivity contribution < 1.29 is 18.8 Å². The standard InChI is InChI=1S/C24H37O4Si/c1-22(2,3)17-14-12-16(19(20(17)27-9)28-29(10)11)13-15-18(25)24(7,8)21(26)23(4,5)6/h12-15H,1-11H3. The van der Waals surface area contributed by atoms with Crippen LogP contribution in [0.2, 0.25) is 13.1 Å². The fourth-order valence-corrected chi connectivity index (χ4v) is 3.85. The molecule has 0 spiro atoms. The minimum absolute atomic E-state index is 0.0793. The third-order valence-corrected chi connectivity index (χ3v) is 5.35. The zero-order valence-corrected chi connectivity index (χ0v) is 20.9. The molecule has 0 aliphatic heterocycles. The molecule has 0 unspecified atom stereocenters. The van der Waals surface area contributed by atoms with E-state index in [-0.39, 0.29) is 17.0 Å². The van der Waals surface area contributed by atoms with Crippen LogP contribution in [-0.4, -0.2) is 27.7 Å². The lowest BCUT2D eigenvalue weighted by atomic mass is 9.72. The lowest BCUT2D eigenvalue weighted by Gasteiger charge is -2.28. The van der Waals surface area contributed by atoms with Gasteiger partial charge in [-0.15, -0.1) is 0 Å². The Labute approximate surface area is 178 Å². The number of ether oxygens (including phenoxy) is 1. The maximum atomic E-state index is 12.9. The van der Waals surface area contributed by atoms with Crippen LogP contribution in [0.5, 0.6) is 11.5 Å². The van der Waals surface area contributed by atoms with Crippen molar-refractivity contribution in [2.75, 3.05) is 7.11 Å². The zero-order chi connectivity index (χ0) is 22.8. The Morgan fingerprint density at radius 3 is 1.90 bits per heavy atom. The van der Waals surface area contributed by atoms with E-state index in [1.807, 2.05) is 32.9 Å². The second-order valence-corrected chi connectivity index (χ2v) is 12.2. The molecule has 1 aromatic carbocycles. The lowest BCUT2D eigenvalue weighted by molar-refractivity contribution is -0.141. The first-order valence-corrected chi connectivity index (χ1v) is 12.4. The van der Waals surface area contributed by atoms with E-state index in [4.69, 9.17) is 9.16 Å². The summed E-state index contributed by atoms with van der Waals surface area (Å²) in [6.07, 6.45) is 3.22. The lowest BCUT2D eigenvalue weighted by Crippen LogP contribution is -2.40. The summed E-state index contributed by atoms with van der Waals surface area (Å²) in [5, 5.41) is 0. The quantitative estimate of drug-likeness (QED) is 0.317. The number of carbonyl (C=O) groups excluding carboxylic acids is 2. The number of carbonyl (C=O) groups is 2. The number of rotatable bonds is 7. The minimum atomic E-state index is -1.09. The van der Waals surface area contributed by atoms with Crippen molar-refractivity contribution in [3.05, 3.63) is 29.3 Å². The smallest absolute Gasteiger partial charge is 0.274 e. The van der Waals surface area contributed by atoms with E-state index in [2.05, 4.69) is 33.9 Å². The first-order chi connectivity index (χ1) is 13.0. The summed E-state index contributed by atoms with van der Waals surface area (Å²) in [7, 11) is 0.584. The van der Waals surface area contributed by atoms with Crippen molar-refractivity contribution in [3.63, 3.8) is 0 Å². The van der Waals surface area contributed by atoms with Gasteiger partial charge in [0.15, 0.2) is 23.1 Å². The van der Waals surface area contributed by atoms with Crippen LogP contribution in [0, 0.1) is 10.8 Å². The fraction of sp³-hybridized carbons (Fsp3) is 0.583. The highest BCUT2D eigenvalue weighted by atomic mass is 28.3. The predicted molar refractivity (Wildman–Crippen MR) is 122 cm³/mol. The Kier molecular flexibility index (Phi) is 7.69. The monoisotopic (exact) mass is 417 g/mol. The molecule has 0 heterocycles. The van der Waals surface area contributed by atoms with Gasteiger partial charge < -0.3 is 9.16 Å². The number of benzene rings is 1. The summed E-state index contributed by atoms with van der Waals surface area (Å²) in [6, 6.07) is 3.96. The van der Waals surface area contributed by atoms with Crippen LogP contribution in [0.3, 0.4) is 0 Å². The van der Waals surface area contributed by atoms with Crippen LogP contribution in [0.25, 0.3) is 6.08 Å². The van der Waals surface area contributed by atoms with Crippen molar-refractivity contribution in [1.82, 2.24) is 0 Å². The topological polar surface area (TPSA) is 52.6 Å². The van der Waals surface area contributed by atoms with Crippen molar-refractivity contribution >= 4 is 26.7 Å². The normalized spacial score (nSPS) is 13.1. The number of allylic oxidation sites excluding steroid dienone is 1. The highest BCUT2D eigenvalue weighted by Crippen LogP contribution is 2.42. The van der Waals surface area contributed by atoms with E-state index in [9.17, 15) is 9.59 Å². The van der Waals surface area contributed by atoms with E-state index in [1.165, 1.54) is 6.08 Å². The first kappa shape index (κ1) is 25.2. The molecular weight excluding hydrogens is 380 g/mol. The molecule has 1 radical (unpaired) electrons. The molecule has 29 heavy (non-hydrogen) atoms. The van der Waals surface area contributed by atoms with E-state index >= 15 is 0 Å². The Balaban J connectivity index is 3.44. The third-order valence-electron chi connectivity index (χ3n) is 4.74. The molecule has 0 aromatic heterocycles. The Bertz CT molecular complexity index is 790. The first-order valence-electron chi connectivity index (χ1n) is 10.0. The van der Waals surface area contributed by atoms with Crippen LogP contribution in [0.1, 0.15) is 66.5 Å². The van der Waals surface area contributed by atoms with Gasteiger partial charge in [0.25, 0.3) is 9.04 Å². The summed E-state index contributed by atoms with van der Waals surface area (Å²) < 4.78 is 11.9. The number of methoxy groups -OCH3 is 1. The van der Waals surface area contributed by atoms with E-state index < -0.39 is 19.9 Å². The number of hydrogen-bond donors (Lipinski definition) is 0. The molecule has 5 heteroatoms. The summed E-state index contributed by atoms with van der Waals surface area (Å²) in [5.74, 6) is 1.05. The van der Waals surface area contributed by atoms with Gasteiger partial charge in [0.05, 0.1) is 12.5 Å². The minimum Gasteiger partial charge on any atom is -0.540 e. The Morgan fingerprint density at radius 2 is 1.48 bits per heavy atom. The summed E-state index contributed by atoms with van der Waals surface area (Å²) in [5.41, 5.74) is 0.0335. The van der Waals surface area contributed by atoms with Gasteiger partial charge in [-0.05, 0) is 44.5 Å². The fourth-order valence-electron chi connectivity index (χ4n) is 3.23. The molecule has 161 valence electrons. The van der Waals surface area contributed by atoms with Gasteiger partial charge in [-0.1, -0.05) is 53.7 Å². The van der Waals surface area contributed by atoms with Gasteiger partial charge in [-0.25, -0.2) is 0 Å². The van der Waals surface area contributed by atoms with Gasteiger partial charge >= 0.3 is 0 Å². The Morgan fingerprint density at radius 1 is 0.931 bits per heavy atom. The highest BCUT2D eigenvalue weighted by molar-refractivity contribution is 6.49. The van der Waals surface area contributed by atoms with E-state index in [0.29, 0.717) is 11.5 Å². The second-order valence-electron chi connectivity index (χ2n) is 10.2. The average molecular weight is 418 g/mol. The number of Topliss-reactive ketones (excluding diaryl/α,β-unsaturated/α-hetero) is 1. The number of hydrogen-bond acceptors (Lipinski definition) is 4. The predicted octanol–water partition coefficient (Wildman–Crippen LogP) is 5.85. The van der Waals surface area contributed by atoms with E-state index in [1.54, 1.807) is 27.0 Å². The zero-order valence-electron chi connectivity index (χ0n) is 19.9. The van der Waals surface area contributed by atoms with Crippen LogP contribution >= 0.6 is 0 Å². The van der Waals surface area contributed by atoms with Crippen LogP contribution in [-0.2, 0) is 15.0 Å². The van der Waals surface area contributed by atoms with Crippen LogP contribution in [0.15, 0.2) is 18.2 Å². The molecule has 0 atom stereocenters. The van der Waals surface area contributed by atoms with Gasteiger partial charge in [0.1, 0.15) is 0 Å². The van der Waals surface area contributed by atoms with Crippen molar-refractivity contribution in [2.45, 2.75) is 73.9 Å². The van der Waals surface area contributed by atoms with E-state index in [0.717, 1.165) is 11.1 Å². The molecule has 0 N–H and O–H groups in total. The molecule has 0 bridgehead atoms. The van der Waals surface area contributed by atoms with Gasteiger partial charge in [-0.2, -0.15) is 0 Å². The highest BCUT2D eigenvalue weighted by Gasteiger charge is 2.40. The molecule has 1 rings (SSSR count). The number of ketones is 2. The Hall–Kier alpha value is -1.88. The molecular formula is C24H37O4Si. The summed E-state index contributed by atoms with van der Waals surface area (Å²) >= 11 is 0. The third kappa shape index (κ3) is 6.05. The SMILES string of the molecule is COc1c(C(C)(C)C)ccc(C=CC(=O)C(C)(C)C(=O)C(C)(C)C)c1O[Si](C)C. The van der Waals surface area contributed by atoms with Crippen molar-refractivity contribution in [3.8, 4) is 11.5 Å². The largest absolute Gasteiger partial charge is 0.540 e. The molecule has 0 aliphatic rings. The average Bonchev–Trinajstić information content (AvgIpc) is 2.56. The second kappa shape index (κ2) is 8.86. The molecule has 0 saturated carbocycles. The molecule has 0 amide bonds. The van der Waals surface area contributed by atoms with Crippen molar-refractivity contribution in [1.29, 1.82) is 0 Å². The summed E-state index contributed by atoms with van der Waals surface area (Å²) in [6.45, 7) is 19.4. The molecule has 0 aliphatic carbocycles. The van der Waals surface area contributed by atoms with Crippen molar-refractivity contribution in [2.24, 2.45) is 10.8 Å².